The van der Waals surface area contributed by atoms with Crippen molar-refractivity contribution in [2.45, 2.75) is 20.0 Å². The third-order valence-corrected chi connectivity index (χ3v) is 1.75. The van der Waals surface area contributed by atoms with Gasteiger partial charge in [0.1, 0.15) is 5.75 Å². The Morgan fingerprint density at radius 2 is 2.33 bits per heavy atom. The zero-order valence-electron chi connectivity index (χ0n) is 5.72. The minimum atomic E-state index is 0.309. The van der Waals surface area contributed by atoms with E-state index in [1.54, 1.807) is 0 Å². The summed E-state index contributed by atoms with van der Waals surface area (Å²) in [5.74, 6) is 5.26. The van der Waals surface area contributed by atoms with Crippen molar-refractivity contribution in [3.05, 3.63) is 17.7 Å². The molecule has 0 saturated carbocycles. The molecule has 1 nitrogen and oxygen atoms in total. The average molecular weight is 142 g/mol. The molecule has 1 unspecified atom stereocenters. The molecule has 1 atom stereocenters. The first kappa shape index (κ1) is 6.70. The van der Waals surface area contributed by atoms with Crippen molar-refractivity contribution in [2.75, 3.05) is 0 Å². The summed E-state index contributed by atoms with van der Waals surface area (Å²) in [5.41, 5.74) is 0. The molecule has 1 heterocycles. The molecule has 0 fully saturated rings. The van der Waals surface area contributed by atoms with Crippen molar-refractivity contribution in [3.8, 4) is 5.75 Å². The molecule has 0 aliphatic heterocycles. The predicted octanol–water partition coefficient (Wildman–Crippen LogP) is 2.51. The third kappa shape index (κ3) is 2.11. The van der Waals surface area contributed by atoms with E-state index in [0.29, 0.717) is 6.10 Å². The molecule has 0 N–H and O–H groups in total. The fourth-order valence-electron chi connectivity index (χ4n) is 0.654. The highest BCUT2D eigenvalue weighted by molar-refractivity contribution is 7.28. The van der Waals surface area contributed by atoms with Crippen LogP contribution in [0.25, 0.3) is 0 Å². The largest absolute Gasteiger partial charge is 0.491 e. The van der Waals surface area contributed by atoms with Crippen LogP contribution in [0.1, 0.15) is 13.8 Å². The van der Waals surface area contributed by atoms with Crippen LogP contribution < -0.4 is 4.74 Å². The molecule has 0 saturated heterocycles. The van der Waals surface area contributed by atoms with Crippen molar-refractivity contribution >= 4 is 8.19 Å². The molecule has 50 valence electrons. The Hall–Kier alpha value is -0.420. The first-order valence-corrected chi connectivity index (χ1v) is 4.24. The van der Waals surface area contributed by atoms with Gasteiger partial charge in [0.25, 0.3) is 0 Å². The van der Waals surface area contributed by atoms with Crippen LogP contribution in [-0.2, 0) is 0 Å². The minimum Gasteiger partial charge on any atom is -0.491 e. The second kappa shape index (κ2) is 2.93. The summed E-state index contributed by atoms with van der Waals surface area (Å²) < 4.78 is 5.39. The van der Waals surface area contributed by atoms with E-state index in [0.717, 1.165) is 13.9 Å². The van der Waals surface area contributed by atoms with E-state index in [1.165, 1.54) is 0 Å². The van der Waals surface area contributed by atoms with E-state index in [1.807, 2.05) is 19.9 Å². The molecule has 9 heavy (non-hydrogen) atoms. The molecule has 0 spiro atoms. The monoisotopic (exact) mass is 142 g/mol. The summed E-state index contributed by atoms with van der Waals surface area (Å²) in [6, 6.07) is 2.03. The highest BCUT2D eigenvalue weighted by Crippen LogP contribution is 2.19. The molecule has 0 aliphatic rings. The Morgan fingerprint density at radius 3 is 2.78 bits per heavy atom. The molecule has 2 heteroatoms. The lowest BCUT2D eigenvalue weighted by atomic mass is 10.5. The lowest BCUT2D eigenvalue weighted by Crippen LogP contribution is -2.04. The Kier molecular flexibility index (Phi) is 2.18. The van der Waals surface area contributed by atoms with E-state index < -0.39 is 0 Å². The van der Waals surface area contributed by atoms with Gasteiger partial charge in [0.05, 0.1) is 6.10 Å². The van der Waals surface area contributed by atoms with Gasteiger partial charge in [-0.05, 0) is 31.5 Å². The first-order valence-electron chi connectivity index (χ1n) is 3.08. The molecule has 0 bridgehead atoms. The molecule has 1 rings (SSSR count). The van der Waals surface area contributed by atoms with E-state index in [9.17, 15) is 0 Å². The van der Waals surface area contributed by atoms with E-state index in [-0.39, 0.29) is 0 Å². The van der Waals surface area contributed by atoms with Crippen LogP contribution in [0.4, 0.5) is 0 Å². The second-order valence-electron chi connectivity index (χ2n) is 2.21. The maximum Gasteiger partial charge on any atom is 0.123 e. The van der Waals surface area contributed by atoms with E-state index in [2.05, 4.69) is 11.6 Å². The third-order valence-electron chi connectivity index (χ3n) is 0.941. The minimum absolute atomic E-state index is 0.309. The normalized spacial score (nSPS) is 11.0. The quantitative estimate of drug-likeness (QED) is 0.616. The van der Waals surface area contributed by atoms with Crippen molar-refractivity contribution < 1.29 is 4.74 Å². The molecule has 0 amide bonds. The highest BCUT2D eigenvalue weighted by Gasteiger charge is 1.93. The van der Waals surface area contributed by atoms with Crippen LogP contribution in [0.2, 0.25) is 0 Å². The van der Waals surface area contributed by atoms with Gasteiger partial charge in [0, 0.05) is 0 Å². The summed E-state index contributed by atoms with van der Waals surface area (Å²) in [6.45, 7) is 4.08. The first-order chi connectivity index (χ1) is 4.29. The summed E-state index contributed by atoms with van der Waals surface area (Å²) in [5, 5.41) is 0. The Balaban J connectivity index is 2.48. The Morgan fingerprint density at radius 1 is 1.56 bits per heavy atom. The van der Waals surface area contributed by atoms with Crippen molar-refractivity contribution in [3.63, 3.8) is 0 Å². The Labute approximate surface area is 57.1 Å². The number of ether oxygens (including phenoxy) is 1. The standard InChI is InChI=1S/C7H11OP/c1-6(2)8-7-3-4-9-5-7/h3-6,9H,1-2H3. The van der Waals surface area contributed by atoms with Crippen molar-refractivity contribution in [1.29, 1.82) is 0 Å². The molecule has 0 aromatic carbocycles. The summed E-state index contributed by atoms with van der Waals surface area (Å²) >= 11 is 0. The zero-order chi connectivity index (χ0) is 6.69. The Bertz CT molecular complexity index is 155. The van der Waals surface area contributed by atoms with Crippen LogP contribution in [0, 0.1) is 0 Å². The van der Waals surface area contributed by atoms with Crippen LogP contribution in [0.3, 0.4) is 0 Å². The van der Waals surface area contributed by atoms with Crippen LogP contribution in [-0.4, -0.2) is 6.10 Å². The van der Waals surface area contributed by atoms with Gasteiger partial charge in [-0.3, -0.25) is 0 Å². The van der Waals surface area contributed by atoms with Gasteiger partial charge in [-0.2, -0.15) is 0 Å². The summed E-state index contributed by atoms with van der Waals surface area (Å²) in [6.07, 6.45) is 0.309. The molecular weight excluding hydrogens is 131 g/mol. The number of hydrogen-bond donors (Lipinski definition) is 0. The molecule has 1 aromatic heterocycles. The molecular formula is C7H11OP. The van der Waals surface area contributed by atoms with Gasteiger partial charge in [-0.15, -0.1) is 8.19 Å². The maximum atomic E-state index is 5.39. The predicted molar refractivity (Wildman–Crippen MR) is 41.7 cm³/mol. The second-order valence-corrected chi connectivity index (χ2v) is 3.17. The lowest BCUT2D eigenvalue weighted by Gasteiger charge is -2.05. The van der Waals surface area contributed by atoms with Crippen LogP contribution in [0.15, 0.2) is 17.7 Å². The van der Waals surface area contributed by atoms with Crippen LogP contribution >= 0.6 is 8.19 Å². The summed E-state index contributed by atoms with van der Waals surface area (Å²) in [4.78, 5) is 0. The van der Waals surface area contributed by atoms with Gasteiger partial charge in [0.15, 0.2) is 0 Å². The molecule has 0 radical (unpaired) electrons. The van der Waals surface area contributed by atoms with Crippen molar-refractivity contribution in [1.82, 2.24) is 0 Å². The van der Waals surface area contributed by atoms with Gasteiger partial charge in [-0.25, -0.2) is 0 Å². The highest BCUT2D eigenvalue weighted by atomic mass is 31.0. The van der Waals surface area contributed by atoms with E-state index in [4.69, 9.17) is 4.74 Å². The number of rotatable bonds is 2. The van der Waals surface area contributed by atoms with Gasteiger partial charge >= 0.3 is 0 Å². The molecule has 1 aromatic rings. The van der Waals surface area contributed by atoms with Gasteiger partial charge in [-0.1, -0.05) is 0 Å². The summed E-state index contributed by atoms with van der Waals surface area (Å²) in [7, 11) is 0.821. The lowest BCUT2D eigenvalue weighted by molar-refractivity contribution is 0.243. The maximum absolute atomic E-state index is 5.39. The zero-order valence-corrected chi connectivity index (χ0v) is 6.72. The SMILES string of the molecule is CC(C)Oc1cc[pH]c1. The fourth-order valence-corrected chi connectivity index (χ4v) is 1.34. The van der Waals surface area contributed by atoms with Gasteiger partial charge < -0.3 is 4.74 Å². The smallest absolute Gasteiger partial charge is 0.123 e. The average Bonchev–Trinajstić information content (AvgIpc) is 2.15. The number of hydrogen-bond acceptors (Lipinski definition) is 1. The fraction of sp³-hybridized carbons (Fsp3) is 0.429. The topological polar surface area (TPSA) is 9.23 Å². The van der Waals surface area contributed by atoms with E-state index >= 15 is 0 Å². The molecule has 0 aliphatic carbocycles. The van der Waals surface area contributed by atoms with Gasteiger partial charge in [0.2, 0.25) is 0 Å². The van der Waals surface area contributed by atoms with Crippen LogP contribution in [0.5, 0.6) is 5.75 Å². The van der Waals surface area contributed by atoms with Crippen molar-refractivity contribution in [2.24, 2.45) is 0 Å².